The second kappa shape index (κ2) is 5.36. The molecule has 2 rings (SSSR count). The molecule has 2 aromatic rings. The quantitative estimate of drug-likeness (QED) is 0.808. The molecule has 0 spiro atoms. The molecule has 17 heavy (non-hydrogen) atoms. The Morgan fingerprint density at radius 1 is 1.35 bits per heavy atom. The van der Waals surface area contributed by atoms with Gasteiger partial charge < -0.3 is 4.90 Å². The van der Waals surface area contributed by atoms with Crippen LogP contribution in [0.2, 0.25) is 0 Å². The van der Waals surface area contributed by atoms with Gasteiger partial charge in [-0.05, 0) is 11.6 Å². The highest BCUT2D eigenvalue weighted by atomic mass is 79.9. The second-order valence-electron chi connectivity index (χ2n) is 4.14. The Labute approximate surface area is 110 Å². The lowest BCUT2D eigenvalue weighted by Gasteiger charge is -2.21. The van der Waals surface area contributed by atoms with Crippen LogP contribution in [0.3, 0.4) is 0 Å². The number of anilines is 1. The minimum Gasteiger partial charge on any atom is -0.370 e. The number of para-hydroxylation sites is 1. The minimum atomic E-state index is 0.873. The molecule has 0 N–H and O–H groups in total. The van der Waals surface area contributed by atoms with Crippen LogP contribution in [0.1, 0.15) is 11.1 Å². The van der Waals surface area contributed by atoms with Gasteiger partial charge in [-0.3, -0.25) is 4.68 Å². The summed E-state index contributed by atoms with van der Waals surface area (Å²) in [7, 11) is 4.05. The van der Waals surface area contributed by atoms with Crippen molar-refractivity contribution in [2.24, 2.45) is 7.05 Å². The van der Waals surface area contributed by atoms with Gasteiger partial charge in [-0.2, -0.15) is 5.10 Å². The predicted molar refractivity (Wildman–Crippen MR) is 74.4 cm³/mol. The van der Waals surface area contributed by atoms with Crippen molar-refractivity contribution in [3.8, 4) is 0 Å². The van der Waals surface area contributed by atoms with Gasteiger partial charge in [0, 0.05) is 43.4 Å². The van der Waals surface area contributed by atoms with E-state index in [1.807, 2.05) is 24.1 Å². The molecule has 0 aliphatic heterocycles. The van der Waals surface area contributed by atoms with Crippen LogP contribution in [0, 0.1) is 0 Å². The fraction of sp³-hybridized carbons (Fsp3) is 0.308. The van der Waals surface area contributed by atoms with Gasteiger partial charge in [0.15, 0.2) is 0 Å². The van der Waals surface area contributed by atoms with E-state index in [4.69, 9.17) is 0 Å². The van der Waals surface area contributed by atoms with Crippen LogP contribution in [-0.4, -0.2) is 16.8 Å². The second-order valence-corrected chi connectivity index (χ2v) is 4.70. The molecular weight excluding hydrogens is 278 g/mol. The van der Waals surface area contributed by atoms with E-state index in [2.05, 4.69) is 57.2 Å². The molecule has 0 amide bonds. The molecule has 0 unspecified atom stereocenters. The van der Waals surface area contributed by atoms with E-state index in [9.17, 15) is 0 Å². The summed E-state index contributed by atoms with van der Waals surface area (Å²) < 4.78 is 1.83. The number of nitrogens with zero attached hydrogens (tertiary/aromatic N) is 3. The molecule has 3 nitrogen and oxygen atoms in total. The van der Waals surface area contributed by atoms with Crippen LogP contribution in [-0.2, 0) is 18.9 Å². The Balaban J connectivity index is 2.16. The Kier molecular flexibility index (Phi) is 3.84. The van der Waals surface area contributed by atoms with Gasteiger partial charge in [0.2, 0.25) is 0 Å². The molecule has 90 valence electrons. The highest BCUT2D eigenvalue weighted by molar-refractivity contribution is 9.08. The highest BCUT2D eigenvalue weighted by Gasteiger charge is 2.07. The van der Waals surface area contributed by atoms with Crippen molar-refractivity contribution in [3.05, 3.63) is 47.8 Å². The Morgan fingerprint density at radius 2 is 2.12 bits per heavy atom. The molecule has 0 aliphatic carbocycles. The van der Waals surface area contributed by atoms with Gasteiger partial charge in [-0.15, -0.1) is 0 Å². The molecule has 1 heterocycles. The smallest absolute Gasteiger partial charge is 0.0539 e. The van der Waals surface area contributed by atoms with Crippen molar-refractivity contribution >= 4 is 21.6 Å². The summed E-state index contributed by atoms with van der Waals surface area (Å²) in [5.74, 6) is 0. The van der Waals surface area contributed by atoms with Crippen molar-refractivity contribution in [1.82, 2.24) is 9.78 Å². The molecule has 0 fully saturated rings. The lowest BCUT2D eigenvalue weighted by molar-refractivity contribution is 0.766. The maximum Gasteiger partial charge on any atom is 0.0539 e. The number of benzene rings is 1. The van der Waals surface area contributed by atoms with Crippen molar-refractivity contribution < 1.29 is 0 Å². The molecule has 0 saturated carbocycles. The molecule has 4 heteroatoms. The van der Waals surface area contributed by atoms with E-state index in [1.54, 1.807) is 0 Å². The number of halogens is 1. The highest BCUT2D eigenvalue weighted by Crippen LogP contribution is 2.22. The lowest BCUT2D eigenvalue weighted by atomic mass is 10.2. The zero-order valence-electron chi connectivity index (χ0n) is 10.1. The third kappa shape index (κ3) is 2.88. The molecule has 0 saturated heterocycles. The number of hydrogen-bond acceptors (Lipinski definition) is 2. The number of alkyl halides is 1. The van der Waals surface area contributed by atoms with Crippen LogP contribution in [0.25, 0.3) is 0 Å². The van der Waals surface area contributed by atoms with Gasteiger partial charge in [0.25, 0.3) is 0 Å². The van der Waals surface area contributed by atoms with E-state index in [0.717, 1.165) is 11.9 Å². The van der Waals surface area contributed by atoms with Gasteiger partial charge in [0.05, 0.1) is 6.20 Å². The van der Waals surface area contributed by atoms with E-state index in [-0.39, 0.29) is 0 Å². The standard InChI is InChI=1S/C13H16BrN3/c1-16(9-11-8-15-17(2)10-11)13-6-4-3-5-12(13)7-14/h3-6,8,10H,7,9H2,1-2H3. The Bertz CT molecular complexity index is 493. The monoisotopic (exact) mass is 293 g/mol. The SMILES string of the molecule is CN(Cc1cnn(C)c1)c1ccccc1CBr. The maximum absolute atomic E-state index is 4.19. The number of aromatic nitrogens is 2. The first-order valence-corrected chi connectivity index (χ1v) is 6.65. The molecule has 0 radical (unpaired) electrons. The molecule has 0 bridgehead atoms. The van der Waals surface area contributed by atoms with Gasteiger partial charge in [-0.25, -0.2) is 0 Å². The predicted octanol–water partition coefficient (Wildman–Crippen LogP) is 2.95. The zero-order valence-corrected chi connectivity index (χ0v) is 11.7. The van der Waals surface area contributed by atoms with Crippen LogP contribution in [0.15, 0.2) is 36.7 Å². The van der Waals surface area contributed by atoms with Crippen molar-refractivity contribution in [3.63, 3.8) is 0 Å². The summed E-state index contributed by atoms with van der Waals surface area (Å²) in [5.41, 5.74) is 3.78. The molecule has 0 atom stereocenters. The largest absolute Gasteiger partial charge is 0.370 e. The van der Waals surface area contributed by atoms with E-state index in [1.165, 1.54) is 16.8 Å². The molecule has 1 aromatic heterocycles. The van der Waals surface area contributed by atoms with Gasteiger partial charge >= 0.3 is 0 Å². The first-order valence-electron chi connectivity index (χ1n) is 5.53. The Hall–Kier alpha value is -1.29. The van der Waals surface area contributed by atoms with Crippen LogP contribution in [0.4, 0.5) is 5.69 Å². The zero-order chi connectivity index (χ0) is 12.3. The summed E-state index contributed by atoms with van der Waals surface area (Å²) in [4.78, 5) is 2.24. The minimum absolute atomic E-state index is 0.873. The van der Waals surface area contributed by atoms with Crippen LogP contribution in [0.5, 0.6) is 0 Å². The Morgan fingerprint density at radius 3 is 2.76 bits per heavy atom. The molecule has 0 aliphatic rings. The number of aryl methyl sites for hydroxylation is 1. The summed E-state index contributed by atoms with van der Waals surface area (Å²) >= 11 is 3.52. The number of hydrogen-bond donors (Lipinski definition) is 0. The fourth-order valence-electron chi connectivity index (χ4n) is 1.91. The van der Waals surface area contributed by atoms with Crippen molar-refractivity contribution in [1.29, 1.82) is 0 Å². The third-order valence-corrected chi connectivity index (χ3v) is 3.33. The molecular formula is C13H16BrN3. The summed E-state index contributed by atoms with van der Waals surface area (Å²) in [6.45, 7) is 0.873. The number of rotatable bonds is 4. The van der Waals surface area contributed by atoms with E-state index < -0.39 is 0 Å². The average molecular weight is 294 g/mol. The fourth-order valence-corrected chi connectivity index (χ4v) is 2.38. The van der Waals surface area contributed by atoms with Gasteiger partial charge in [0.1, 0.15) is 0 Å². The normalized spacial score (nSPS) is 10.5. The maximum atomic E-state index is 4.19. The van der Waals surface area contributed by atoms with Crippen molar-refractivity contribution in [2.75, 3.05) is 11.9 Å². The van der Waals surface area contributed by atoms with Crippen LogP contribution >= 0.6 is 15.9 Å². The topological polar surface area (TPSA) is 21.1 Å². The van der Waals surface area contributed by atoms with E-state index >= 15 is 0 Å². The summed E-state index contributed by atoms with van der Waals surface area (Å²) in [5, 5.41) is 5.06. The van der Waals surface area contributed by atoms with Gasteiger partial charge in [-0.1, -0.05) is 34.1 Å². The third-order valence-electron chi connectivity index (χ3n) is 2.72. The first kappa shape index (κ1) is 12.2. The molecule has 1 aromatic carbocycles. The van der Waals surface area contributed by atoms with Crippen molar-refractivity contribution in [2.45, 2.75) is 11.9 Å². The average Bonchev–Trinajstić information content (AvgIpc) is 2.74. The lowest BCUT2D eigenvalue weighted by Crippen LogP contribution is -2.17. The summed E-state index contributed by atoms with van der Waals surface area (Å²) in [6, 6.07) is 8.43. The first-order chi connectivity index (χ1) is 8.20. The van der Waals surface area contributed by atoms with E-state index in [0.29, 0.717) is 0 Å². The van der Waals surface area contributed by atoms with Crippen LogP contribution < -0.4 is 4.90 Å². The summed E-state index contributed by atoms with van der Waals surface area (Å²) in [6.07, 6.45) is 3.96.